The molecule has 0 aliphatic rings. The molecule has 1 aromatic rings. The van der Waals surface area contributed by atoms with E-state index in [-0.39, 0.29) is 18.1 Å². The quantitative estimate of drug-likeness (QED) is 0.727. The summed E-state index contributed by atoms with van der Waals surface area (Å²) >= 11 is 0. The molecule has 5 nitrogen and oxygen atoms in total. The van der Waals surface area contributed by atoms with E-state index in [0.29, 0.717) is 23.5 Å². The number of nitrogens with two attached hydrogens (primary N) is 1. The Morgan fingerprint density at radius 3 is 2.61 bits per heavy atom. The Kier molecular flexibility index (Phi) is 5.15. The van der Waals surface area contributed by atoms with Gasteiger partial charge in [0.1, 0.15) is 0 Å². The smallest absolute Gasteiger partial charge is 0.217 e. The average Bonchev–Trinajstić information content (AvgIpc) is 2.35. The molecule has 3 N–H and O–H groups in total. The number of anilines is 1. The van der Waals surface area contributed by atoms with Gasteiger partial charge in [-0.05, 0) is 18.6 Å². The fourth-order valence-corrected chi connectivity index (χ4v) is 2.60. The van der Waals surface area contributed by atoms with Crippen molar-refractivity contribution in [3.63, 3.8) is 0 Å². The number of nitrogens with one attached hydrogen (secondary N) is 1. The Labute approximate surface area is 107 Å². The largest absolute Gasteiger partial charge is 0.384 e. The second-order valence-electron chi connectivity index (χ2n) is 3.90. The molecule has 0 spiro atoms. The molecule has 1 aromatic carbocycles. The van der Waals surface area contributed by atoms with Gasteiger partial charge in [0.25, 0.3) is 0 Å². The van der Waals surface area contributed by atoms with E-state index in [2.05, 4.69) is 5.32 Å². The zero-order valence-corrected chi connectivity index (χ0v) is 11.2. The Hall–Kier alpha value is -1.56. The lowest BCUT2D eigenvalue weighted by molar-refractivity contribution is -0.118. The van der Waals surface area contributed by atoms with Crippen LogP contribution in [0.15, 0.2) is 29.2 Å². The van der Waals surface area contributed by atoms with Gasteiger partial charge in [0, 0.05) is 13.0 Å². The number of benzene rings is 1. The molecule has 1 amide bonds. The van der Waals surface area contributed by atoms with Gasteiger partial charge in [0.15, 0.2) is 9.84 Å². The monoisotopic (exact) mass is 270 g/mol. The first-order valence-electron chi connectivity index (χ1n) is 5.81. The summed E-state index contributed by atoms with van der Waals surface area (Å²) in [7, 11) is -3.24. The molecule has 1 rings (SSSR count). The van der Waals surface area contributed by atoms with Gasteiger partial charge in [-0.2, -0.15) is 0 Å². The van der Waals surface area contributed by atoms with Crippen LogP contribution in [0, 0.1) is 0 Å². The molecule has 100 valence electrons. The zero-order valence-electron chi connectivity index (χ0n) is 10.3. The summed E-state index contributed by atoms with van der Waals surface area (Å²) in [6.45, 7) is 2.12. The van der Waals surface area contributed by atoms with Gasteiger partial charge in [-0.1, -0.05) is 19.1 Å². The maximum atomic E-state index is 11.8. The Morgan fingerprint density at radius 2 is 2.00 bits per heavy atom. The molecule has 0 radical (unpaired) electrons. The van der Waals surface area contributed by atoms with Crippen LogP contribution >= 0.6 is 0 Å². The second kappa shape index (κ2) is 6.39. The summed E-state index contributed by atoms with van der Waals surface area (Å²) in [6.07, 6.45) is 0.867. The van der Waals surface area contributed by atoms with Crippen LogP contribution in [0.2, 0.25) is 0 Å². The Morgan fingerprint density at radius 1 is 1.33 bits per heavy atom. The molecular formula is C12H18N2O3S. The van der Waals surface area contributed by atoms with Crippen molar-refractivity contribution >= 4 is 21.4 Å². The second-order valence-corrected chi connectivity index (χ2v) is 6.14. The van der Waals surface area contributed by atoms with Crippen molar-refractivity contribution < 1.29 is 13.2 Å². The average molecular weight is 270 g/mol. The summed E-state index contributed by atoms with van der Waals surface area (Å²) in [5.74, 6) is -0.293. The zero-order chi connectivity index (χ0) is 13.6. The van der Waals surface area contributed by atoms with Crippen molar-refractivity contribution in [1.82, 2.24) is 0 Å². The van der Waals surface area contributed by atoms with Gasteiger partial charge in [-0.3, -0.25) is 4.79 Å². The number of sulfone groups is 1. The number of hydrogen-bond donors (Lipinski definition) is 2. The maximum absolute atomic E-state index is 11.8. The molecule has 6 heteroatoms. The van der Waals surface area contributed by atoms with Gasteiger partial charge >= 0.3 is 0 Å². The topological polar surface area (TPSA) is 89.3 Å². The lowest BCUT2D eigenvalue weighted by Crippen LogP contribution is -2.14. The first kappa shape index (κ1) is 14.5. The molecule has 18 heavy (non-hydrogen) atoms. The predicted octanol–water partition coefficient (Wildman–Crippen LogP) is 1.16. The van der Waals surface area contributed by atoms with Gasteiger partial charge < -0.3 is 11.1 Å². The van der Waals surface area contributed by atoms with Crippen molar-refractivity contribution in [2.75, 3.05) is 17.6 Å². The fraction of sp³-hybridized carbons (Fsp3) is 0.417. The van der Waals surface area contributed by atoms with Crippen molar-refractivity contribution in [3.8, 4) is 0 Å². The molecule has 0 heterocycles. The maximum Gasteiger partial charge on any atom is 0.217 e. The number of amides is 1. The van der Waals surface area contributed by atoms with Crippen LogP contribution in [0.4, 0.5) is 5.69 Å². The minimum Gasteiger partial charge on any atom is -0.384 e. The van der Waals surface area contributed by atoms with Crippen LogP contribution in [0.3, 0.4) is 0 Å². The SMILES string of the molecule is CCS(=O)(=O)c1ccccc1NCCCC(N)=O. The first-order chi connectivity index (χ1) is 8.47. The van der Waals surface area contributed by atoms with Crippen LogP contribution in [-0.2, 0) is 14.6 Å². The van der Waals surface area contributed by atoms with Gasteiger partial charge in [-0.15, -0.1) is 0 Å². The minimum absolute atomic E-state index is 0.0625. The standard InChI is InChI=1S/C12H18N2O3S/c1-2-18(16,17)11-7-4-3-6-10(11)14-9-5-8-12(13)15/h3-4,6-7,14H,2,5,8-9H2,1H3,(H2,13,15). The normalized spacial score (nSPS) is 11.2. The molecule has 0 aliphatic carbocycles. The summed E-state index contributed by atoms with van der Waals surface area (Å²) in [4.78, 5) is 10.9. The van der Waals surface area contributed by atoms with E-state index in [4.69, 9.17) is 5.73 Å². The van der Waals surface area contributed by atoms with Crippen LogP contribution in [0.5, 0.6) is 0 Å². The van der Waals surface area contributed by atoms with Crippen molar-refractivity contribution in [1.29, 1.82) is 0 Å². The first-order valence-corrected chi connectivity index (χ1v) is 7.46. The molecular weight excluding hydrogens is 252 g/mol. The Balaban J connectivity index is 2.75. The van der Waals surface area contributed by atoms with Crippen molar-refractivity contribution in [3.05, 3.63) is 24.3 Å². The number of carbonyl (C=O) groups is 1. The van der Waals surface area contributed by atoms with Crippen LogP contribution in [0.25, 0.3) is 0 Å². The molecule has 0 unspecified atom stereocenters. The molecule has 0 atom stereocenters. The highest BCUT2D eigenvalue weighted by molar-refractivity contribution is 7.91. The Bertz CT molecular complexity index is 512. The molecule has 0 saturated carbocycles. The number of rotatable bonds is 7. The van der Waals surface area contributed by atoms with E-state index in [1.54, 1.807) is 31.2 Å². The van der Waals surface area contributed by atoms with E-state index in [1.165, 1.54) is 0 Å². The third-order valence-corrected chi connectivity index (χ3v) is 4.30. The van der Waals surface area contributed by atoms with Crippen LogP contribution in [0.1, 0.15) is 19.8 Å². The highest BCUT2D eigenvalue weighted by Crippen LogP contribution is 2.21. The minimum atomic E-state index is -3.24. The lowest BCUT2D eigenvalue weighted by atomic mass is 10.2. The highest BCUT2D eigenvalue weighted by Gasteiger charge is 2.15. The van der Waals surface area contributed by atoms with Crippen molar-refractivity contribution in [2.45, 2.75) is 24.7 Å². The molecule has 0 bridgehead atoms. The molecule has 0 fully saturated rings. The lowest BCUT2D eigenvalue weighted by Gasteiger charge is -2.11. The van der Waals surface area contributed by atoms with Gasteiger partial charge in [0.2, 0.25) is 5.91 Å². The van der Waals surface area contributed by atoms with Gasteiger partial charge in [-0.25, -0.2) is 8.42 Å². The summed E-state index contributed by atoms with van der Waals surface area (Å²) in [5.41, 5.74) is 5.60. The third kappa shape index (κ3) is 4.03. The van der Waals surface area contributed by atoms with E-state index < -0.39 is 9.84 Å². The molecule has 0 aliphatic heterocycles. The summed E-state index contributed by atoms with van der Waals surface area (Å²) in [5, 5.41) is 3.02. The van der Waals surface area contributed by atoms with Crippen LogP contribution < -0.4 is 11.1 Å². The van der Waals surface area contributed by atoms with Gasteiger partial charge in [0.05, 0.1) is 16.3 Å². The number of hydrogen-bond acceptors (Lipinski definition) is 4. The highest BCUT2D eigenvalue weighted by atomic mass is 32.2. The van der Waals surface area contributed by atoms with E-state index in [9.17, 15) is 13.2 Å². The molecule has 0 saturated heterocycles. The number of para-hydroxylation sites is 1. The molecule has 0 aromatic heterocycles. The number of primary amides is 1. The fourth-order valence-electron chi connectivity index (χ4n) is 1.53. The van der Waals surface area contributed by atoms with E-state index in [1.807, 2.05) is 0 Å². The van der Waals surface area contributed by atoms with Crippen molar-refractivity contribution in [2.24, 2.45) is 5.73 Å². The third-order valence-electron chi connectivity index (χ3n) is 2.52. The summed E-state index contributed by atoms with van der Waals surface area (Å²) < 4.78 is 23.7. The van der Waals surface area contributed by atoms with Crippen LogP contribution in [-0.4, -0.2) is 26.6 Å². The summed E-state index contributed by atoms with van der Waals surface area (Å²) in [6, 6.07) is 6.75. The van der Waals surface area contributed by atoms with E-state index >= 15 is 0 Å². The number of carbonyl (C=O) groups excluding carboxylic acids is 1. The predicted molar refractivity (Wildman–Crippen MR) is 71.1 cm³/mol. The van der Waals surface area contributed by atoms with E-state index in [0.717, 1.165) is 0 Å².